The number of ether oxygens (including phenoxy) is 3. The Kier molecular flexibility index (Phi) is 5.97. The lowest BCUT2D eigenvalue weighted by molar-refractivity contribution is -0.00576. The first-order valence-corrected chi connectivity index (χ1v) is 10.4. The maximum absolute atomic E-state index is 12.7. The lowest BCUT2D eigenvalue weighted by atomic mass is 10.1. The van der Waals surface area contributed by atoms with Crippen LogP contribution in [0, 0.1) is 0 Å². The molecule has 0 amide bonds. The number of H-pyrrole nitrogens is 1. The molecule has 0 bridgehead atoms. The van der Waals surface area contributed by atoms with Gasteiger partial charge in [0, 0.05) is 44.4 Å². The van der Waals surface area contributed by atoms with Crippen molar-refractivity contribution >= 4 is 5.95 Å². The highest BCUT2D eigenvalue weighted by molar-refractivity contribution is 5.39. The van der Waals surface area contributed by atoms with Crippen LogP contribution in [-0.2, 0) is 24.2 Å². The van der Waals surface area contributed by atoms with E-state index < -0.39 is 0 Å². The summed E-state index contributed by atoms with van der Waals surface area (Å²) >= 11 is 0. The fourth-order valence-electron chi connectivity index (χ4n) is 4.33. The fourth-order valence-corrected chi connectivity index (χ4v) is 4.33. The molecule has 1 fully saturated rings. The van der Waals surface area contributed by atoms with Crippen molar-refractivity contribution in [2.45, 2.75) is 45.6 Å². The Labute approximate surface area is 176 Å². The Hall–Kier alpha value is -2.58. The van der Waals surface area contributed by atoms with Gasteiger partial charge in [-0.15, -0.1) is 0 Å². The summed E-state index contributed by atoms with van der Waals surface area (Å²) in [5.74, 6) is 2.19. The van der Waals surface area contributed by atoms with Gasteiger partial charge in [0.2, 0.25) is 5.95 Å². The van der Waals surface area contributed by atoms with Crippen LogP contribution < -0.4 is 19.9 Å². The van der Waals surface area contributed by atoms with E-state index >= 15 is 0 Å². The number of hydrogen-bond acceptors (Lipinski definition) is 7. The van der Waals surface area contributed by atoms with Crippen molar-refractivity contribution < 1.29 is 14.2 Å². The number of anilines is 1. The molecule has 2 atom stereocenters. The van der Waals surface area contributed by atoms with Crippen molar-refractivity contribution in [1.29, 1.82) is 0 Å². The topological polar surface area (TPSA) is 79.9 Å². The van der Waals surface area contributed by atoms with Crippen LogP contribution in [0.25, 0.3) is 0 Å². The molecule has 0 saturated carbocycles. The van der Waals surface area contributed by atoms with Gasteiger partial charge in [0.1, 0.15) is 11.5 Å². The molecular weight excluding hydrogens is 384 g/mol. The number of nitrogens with one attached hydrogen (secondary N) is 1. The molecule has 8 heteroatoms. The van der Waals surface area contributed by atoms with Crippen LogP contribution >= 0.6 is 0 Å². The third-order valence-corrected chi connectivity index (χ3v) is 5.68. The first-order chi connectivity index (χ1) is 14.4. The highest BCUT2D eigenvalue weighted by Crippen LogP contribution is 2.25. The standard InChI is InChI=1S/C22H30N4O4/c1-14-10-26(11-15(2)30-14)22-23-20-13-25(6-5-19(20)21(27)24-22)12-16-7-17(28-3)9-18(8-16)29-4/h7-9,14-15H,5-6,10-13H2,1-4H3,(H,23,24,27)/t14-,15-/m1/s1. The number of nitrogens with zero attached hydrogens (tertiary/aromatic N) is 3. The molecule has 1 N–H and O–H groups in total. The van der Waals surface area contributed by atoms with Crippen molar-refractivity contribution in [3.63, 3.8) is 0 Å². The van der Waals surface area contributed by atoms with E-state index in [-0.39, 0.29) is 17.8 Å². The molecule has 162 valence electrons. The van der Waals surface area contributed by atoms with E-state index in [0.29, 0.717) is 18.9 Å². The minimum Gasteiger partial charge on any atom is -0.497 e. The molecule has 1 aromatic heterocycles. The van der Waals surface area contributed by atoms with E-state index in [9.17, 15) is 4.79 Å². The van der Waals surface area contributed by atoms with Crippen molar-refractivity contribution in [3.05, 3.63) is 45.4 Å². The van der Waals surface area contributed by atoms with Gasteiger partial charge in [0.05, 0.1) is 32.1 Å². The van der Waals surface area contributed by atoms with Crippen LogP contribution in [0.4, 0.5) is 5.95 Å². The van der Waals surface area contributed by atoms with Crippen molar-refractivity contribution in [2.75, 3.05) is 38.8 Å². The van der Waals surface area contributed by atoms with E-state index in [0.717, 1.165) is 54.5 Å². The Morgan fingerprint density at radius 3 is 2.43 bits per heavy atom. The largest absolute Gasteiger partial charge is 0.497 e. The van der Waals surface area contributed by atoms with Crippen LogP contribution in [0.15, 0.2) is 23.0 Å². The smallest absolute Gasteiger partial charge is 0.255 e. The van der Waals surface area contributed by atoms with Gasteiger partial charge in [-0.2, -0.15) is 0 Å². The van der Waals surface area contributed by atoms with Gasteiger partial charge < -0.3 is 19.1 Å². The van der Waals surface area contributed by atoms with E-state index in [1.54, 1.807) is 14.2 Å². The normalized spacial score (nSPS) is 21.9. The predicted octanol–water partition coefficient (Wildman–Crippen LogP) is 1.96. The van der Waals surface area contributed by atoms with Gasteiger partial charge in [-0.25, -0.2) is 4.98 Å². The maximum Gasteiger partial charge on any atom is 0.255 e. The van der Waals surface area contributed by atoms with Gasteiger partial charge in [-0.3, -0.25) is 14.7 Å². The Balaban J connectivity index is 1.54. The Morgan fingerprint density at radius 2 is 1.80 bits per heavy atom. The van der Waals surface area contributed by atoms with E-state index in [1.165, 1.54) is 0 Å². The predicted molar refractivity (Wildman–Crippen MR) is 114 cm³/mol. The summed E-state index contributed by atoms with van der Waals surface area (Å²) in [6.07, 6.45) is 0.902. The number of methoxy groups -OCH3 is 2. The van der Waals surface area contributed by atoms with Crippen LogP contribution in [0.2, 0.25) is 0 Å². The zero-order valence-electron chi connectivity index (χ0n) is 18.1. The van der Waals surface area contributed by atoms with Crippen LogP contribution in [0.1, 0.15) is 30.7 Å². The van der Waals surface area contributed by atoms with Crippen LogP contribution in [-0.4, -0.2) is 60.9 Å². The zero-order valence-corrected chi connectivity index (χ0v) is 18.1. The molecule has 1 saturated heterocycles. The van der Waals surface area contributed by atoms with Crippen LogP contribution in [0.3, 0.4) is 0 Å². The summed E-state index contributed by atoms with van der Waals surface area (Å²) in [7, 11) is 3.31. The van der Waals surface area contributed by atoms with Gasteiger partial charge in [-0.1, -0.05) is 0 Å². The quantitative estimate of drug-likeness (QED) is 0.801. The average Bonchev–Trinajstić information content (AvgIpc) is 2.72. The fraction of sp³-hybridized carbons (Fsp3) is 0.545. The SMILES string of the molecule is COc1cc(CN2CCc3c(nc(N4C[C@@H](C)O[C@H](C)C4)[nH]c3=O)C2)cc(OC)c1. The Bertz CT molecular complexity index is 928. The third kappa shape index (κ3) is 4.44. The first kappa shape index (κ1) is 20.7. The second-order valence-electron chi connectivity index (χ2n) is 8.16. The van der Waals surface area contributed by atoms with Crippen molar-refractivity contribution in [3.8, 4) is 11.5 Å². The summed E-state index contributed by atoms with van der Waals surface area (Å²) in [4.78, 5) is 25.0. The molecule has 0 radical (unpaired) electrons. The molecule has 4 rings (SSSR count). The van der Waals surface area contributed by atoms with Crippen LogP contribution in [0.5, 0.6) is 11.5 Å². The minimum atomic E-state index is -0.0236. The number of morpholine rings is 1. The van der Waals surface area contributed by atoms with Crippen molar-refractivity contribution in [1.82, 2.24) is 14.9 Å². The number of rotatable bonds is 5. The molecule has 3 heterocycles. The molecule has 8 nitrogen and oxygen atoms in total. The summed E-state index contributed by atoms with van der Waals surface area (Å²) in [6, 6.07) is 5.91. The second-order valence-corrected chi connectivity index (χ2v) is 8.16. The maximum atomic E-state index is 12.7. The van der Waals surface area contributed by atoms with Gasteiger partial charge in [0.15, 0.2) is 0 Å². The average molecular weight is 415 g/mol. The summed E-state index contributed by atoms with van der Waals surface area (Å²) < 4.78 is 16.6. The lowest BCUT2D eigenvalue weighted by Gasteiger charge is -2.36. The third-order valence-electron chi connectivity index (χ3n) is 5.68. The molecule has 2 aliphatic heterocycles. The van der Waals surface area contributed by atoms with E-state index in [1.807, 2.05) is 32.0 Å². The van der Waals surface area contributed by atoms with E-state index in [4.69, 9.17) is 19.2 Å². The molecule has 1 aromatic carbocycles. The Morgan fingerprint density at radius 1 is 1.13 bits per heavy atom. The van der Waals surface area contributed by atoms with Gasteiger partial charge in [-0.05, 0) is 38.0 Å². The number of fused-ring (bicyclic) bond motifs is 1. The molecule has 0 unspecified atom stereocenters. The second kappa shape index (κ2) is 8.65. The highest BCUT2D eigenvalue weighted by atomic mass is 16.5. The molecule has 30 heavy (non-hydrogen) atoms. The number of aromatic amines is 1. The molecular formula is C22H30N4O4. The first-order valence-electron chi connectivity index (χ1n) is 10.4. The highest BCUT2D eigenvalue weighted by Gasteiger charge is 2.27. The van der Waals surface area contributed by atoms with Gasteiger partial charge in [0.25, 0.3) is 5.56 Å². The molecule has 0 aliphatic carbocycles. The number of hydrogen-bond donors (Lipinski definition) is 1. The molecule has 2 aromatic rings. The minimum absolute atomic E-state index is 0.0236. The lowest BCUT2D eigenvalue weighted by Crippen LogP contribution is -2.47. The van der Waals surface area contributed by atoms with Crippen molar-refractivity contribution in [2.24, 2.45) is 0 Å². The van der Waals surface area contributed by atoms with E-state index in [2.05, 4.69) is 14.8 Å². The number of benzene rings is 1. The summed E-state index contributed by atoms with van der Waals surface area (Å²) in [5, 5.41) is 0. The monoisotopic (exact) mass is 414 g/mol. The zero-order chi connectivity index (χ0) is 21.3. The molecule has 0 spiro atoms. The number of aromatic nitrogens is 2. The molecule has 2 aliphatic rings. The van der Waals surface area contributed by atoms with Gasteiger partial charge >= 0.3 is 0 Å². The summed E-state index contributed by atoms with van der Waals surface area (Å²) in [6.45, 7) is 7.72. The summed E-state index contributed by atoms with van der Waals surface area (Å²) in [5.41, 5.74) is 2.74.